The summed E-state index contributed by atoms with van der Waals surface area (Å²) in [6, 6.07) is 7.28. The summed E-state index contributed by atoms with van der Waals surface area (Å²) in [6.07, 6.45) is 3.09. The van der Waals surface area contributed by atoms with Crippen molar-refractivity contribution >= 4 is 34.4 Å². The lowest BCUT2D eigenvalue weighted by molar-refractivity contribution is 0.102. The number of fused-ring (bicyclic) bond motifs is 1. The van der Waals surface area contributed by atoms with Gasteiger partial charge >= 0.3 is 0 Å². The first-order valence-corrected chi connectivity index (χ1v) is 7.60. The number of hydrogen-bond acceptors (Lipinski definition) is 4. The van der Waals surface area contributed by atoms with Crippen LogP contribution >= 0.6 is 11.6 Å². The quantitative estimate of drug-likeness (QED) is 0.524. The molecule has 3 N–H and O–H groups in total. The smallest absolute Gasteiger partial charge is 0.257 e. The van der Waals surface area contributed by atoms with Crippen molar-refractivity contribution in [1.82, 2.24) is 25.1 Å². The van der Waals surface area contributed by atoms with E-state index < -0.39 is 11.7 Å². The van der Waals surface area contributed by atoms with E-state index in [9.17, 15) is 9.18 Å². The summed E-state index contributed by atoms with van der Waals surface area (Å²) >= 11 is 5.74. The first-order chi connectivity index (χ1) is 12.1. The number of imidazole rings is 1. The Hall–Kier alpha value is -3.26. The molecule has 7 nitrogen and oxygen atoms in total. The number of nitrogens with one attached hydrogen (secondary N) is 3. The molecule has 0 saturated heterocycles. The highest BCUT2D eigenvalue weighted by atomic mass is 35.5. The fourth-order valence-corrected chi connectivity index (χ4v) is 2.57. The van der Waals surface area contributed by atoms with Crippen molar-refractivity contribution in [2.75, 3.05) is 5.32 Å². The van der Waals surface area contributed by atoms with E-state index in [1.807, 2.05) is 0 Å². The van der Waals surface area contributed by atoms with Gasteiger partial charge in [0.1, 0.15) is 11.5 Å². The van der Waals surface area contributed by atoms with Gasteiger partial charge in [-0.1, -0.05) is 11.6 Å². The number of aromatic amines is 2. The molecule has 0 spiro atoms. The Bertz CT molecular complexity index is 1080. The minimum absolute atomic E-state index is 0.0688. The summed E-state index contributed by atoms with van der Waals surface area (Å²) in [4.78, 5) is 24.1. The molecule has 0 aliphatic heterocycles. The number of carbonyl (C=O) groups is 1. The summed E-state index contributed by atoms with van der Waals surface area (Å²) in [5, 5.41) is 9.27. The molecular formula is C16H10ClFN6O. The predicted molar refractivity (Wildman–Crippen MR) is 90.8 cm³/mol. The highest BCUT2D eigenvalue weighted by Gasteiger charge is 2.16. The van der Waals surface area contributed by atoms with Gasteiger partial charge in [0, 0.05) is 18.1 Å². The van der Waals surface area contributed by atoms with Gasteiger partial charge in [-0.05, 0) is 30.3 Å². The first-order valence-electron chi connectivity index (χ1n) is 7.22. The lowest BCUT2D eigenvalue weighted by Gasteiger charge is -2.06. The van der Waals surface area contributed by atoms with E-state index >= 15 is 0 Å². The van der Waals surface area contributed by atoms with E-state index in [-0.39, 0.29) is 5.02 Å². The summed E-state index contributed by atoms with van der Waals surface area (Å²) in [6.45, 7) is 0. The molecule has 124 valence electrons. The lowest BCUT2D eigenvalue weighted by atomic mass is 10.2. The first kappa shape index (κ1) is 15.3. The molecule has 0 aliphatic rings. The fraction of sp³-hybridized carbons (Fsp3) is 0. The van der Waals surface area contributed by atoms with Gasteiger partial charge in [-0.2, -0.15) is 5.10 Å². The Kier molecular flexibility index (Phi) is 3.66. The van der Waals surface area contributed by atoms with Crippen molar-refractivity contribution in [3.05, 3.63) is 59.1 Å². The second kappa shape index (κ2) is 5.99. The van der Waals surface area contributed by atoms with E-state index in [1.54, 1.807) is 18.3 Å². The maximum absolute atomic E-state index is 13.2. The zero-order valence-corrected chi connectivity index (χ0v) is 13.3. The Labute approximate surface area is 145 Å². The van der Waals surface area contributed by atoms with Crippen LogP contribution in [-0.4, -0.2) is 31.1 Å². The van der Waals surface area contributed by atoms with Crippen molar-refractivity contribution in [2.24, 2.45) is 0 Å². The zero-order valence-electron chi connectivity index (χ0n) is 12.5. The maximum atomic E-state index is 13.2. The number of aromatic nitrogens is 5. The van der Waals surface area contributed by atoms with Crippen molar-refractivity contribution in [2.45, 2.75) is 0 Å². The standard InChI is InChI=1S/C16H10ClFN6O/c17-10-7-8(1-2-11(10)18)21-16(25)9-3-5-19-15-13(9)22-14(23-15)12-4-6-20-24-12/h1-7H,(H,20,24)(H,21,25)(H,19,22,23). The van der Waals surface area contributed by atoms with Crippen molar-refractivity contribution < 1.29 is 9.18 Å². The molecule has 0 saturated carbocycles. The van der Waals surface area contributed by atoms with Gasteiger partial charge in [0.05, 0.1) is 16.1 Å². The van der Waals surface area contributed by atoms with Crippen LogP contribution in [0.2, 0.25) is 5.02 Å². The average molecular weight is 357 g/mol. The Balaban J connectivity index is 1.70. The molecule has 3 aromatic heterocycles. The van der Waals surface area contributed by atoms with Gasteiger partial charge < -0.3 is 10.3 Å². The van der Waals surface area contributed by atoms with Gasteiger partial charge in [0.15, 0.2) is 11.5 Å². The molecule has 0 bridgehead atoms. The largest absolute Gasteiger partial charge is 0.335 e. The fourth-order valence-electron chi connectivity index (χ4n) is 2.39. The van der Waals surface area contributed by atoms with Crippen LogP contribution in [-0.2, 0) is 0 Å². The molecule has 1 aromatic carbocycles. The van der Waals surface area contributed by atoms with E-state index in [0.717, 1.165) is 0 Å². The second-order valence-electron chi connectivity index (χ2n) is 5.20. The second-order valence-corrected chi connectivity index (χ2v) is 5.60. The molecule has 0 radical (unpaired) electrons. The molecule has 0 atom stereocenters. The predicted octanol–water partition coefficient (Wildman–Crippen LogP) is 3.39. The minimum atomic E-state index is -0.552. The number of anilines is 1. The van der Waals surface area contributed by atoms with Crippen LogP contribution in [0, 0.1) is 5.82 Å². The lowest BCUT2D eigenvalue weighted by Crippen LogP contribution is -2.12. The van der Waals surface area contributed by atoms with Crippen LogP contribution < -0.4 is 5.32 Å². The number of amides is 1. The van der Waals surface area contributed by atoms with Crippen molar-refractivity contribution in [1.29, 1.82) is 0 Å². The van der Waals surface area contributed by atoms with Gasteiger partial charge in [0.25, 0.3) is 5.91 Å². The van der Waals surface area contributed by atoms with Crippen molar-refractivity contribution in [3.63, 3.8) is 0 Å². The summed E-state index contributed by atoms with van der Waals surface area (Å²) in [7, 11) is 0. The zero-order chi connectivity index (χ0) is 17.4. The number of carbonyl (C=O) groups excluding carboxylic acids is 1. The third kappa shape index (κ3) is 2.83. The van der Waals surface area contributed by atoms with E-state index in [0.29, 0.717) is 33.9 Å². The number of H-pyrrole nitrogens is 2. The summed E-state index contributed by atoms with van der Waals surface area (Å²) in [5.74, 6) is -0.427. The topological polar surface area (TPSA) is 99.3 Å². The van der Waals surface area contributed by atoms with Crippen LogP contribution in [0.25, 0.3) is 22.7 Å². The molecular weight excluding hydrogens is 347 g/mol. The van der Waals surface area contributed by atoms with E-state index in [1.165, 1.54) is 24.4 Å². The Morgan fingerprint density at radius 2 is 2.08 bits per heavy atom. The van der Waals surface area contributed by atoms with Crippen LogP contribution in [0.4, 0.5) is 10.1 Å². The average Bonchev–Trinajstić information content (AvgIpc) is 3.26. The summed E-state index contributed by atoms with van der Waals surface area (Å²) < 4.78 is 13.2. The molecule has 0 fully saturated rings. The molecule has 0 aliphatic carbocycles. The molecule has 3 heterocycles. The number of benzene rings is 1. The molecule has 4 rings (SSSR count). The molecule has 25 heavy (non-hydrogen) atoms. The van der Waals surface area contributed by atoms with E-state index in [4.69, 9.17) is 11.6 Å². The minimum Gasteiger partial charge on any atom is -0.335 e. The van der Waals surface area contributed by atoms with Crippen LogP contribution in [0.5, 0.6) is 0 Å². The van der Waals surface area contributed by atoms with Gasteiger partial charge in [-0.15, -0.1) is 0 Å². The SMILES string of the molecule is O=C(Nc1ccc(F)c(Cl)c1)c1ccnc2nc(-c3ccn[nH]3)[nH]c12. The van der Waals surface area contributed by atoms with E-state index in [2.05, 4.69) is 30.5 Å². The van der Waals surface area contributed by atoms with Crippen molar-refractivity contribution in [3.8, 4) is 11.5 Å². The molecule has 4 aromatic rings. The third-order valence-electron chi connectivity index (χ3n) is 3.57. The van der Waals surface area contributed by atoms with Gasteiger partial charge in [-0.25, -0.2) is 14.4 Å². The number of nitrogens with zero attached hydrogens (tertiary/aromatic N) is 3. The number of halogens is 2. The normalized spacial score (nSPS) is 11.0. The number of rotatable bonds is 3. The Morgan fingerprint density at radius 3 is 2.84 bits per heavy atom. The van der Waals surface area contributed by atoms with Crippen LogP contribution in [0.15, 0.2) is 42.7 Å². The molecule has 9 heteroatoms. The Morgan fingerprint density at radius 1 is 1.20 bits per heavy atom. The maximum Gasteiger partial charge on any atom is 0.257 e. The van der Waals surface area contributed by atoms with Gasteiger partial charge in [-0.3, -0.25) is 9.89 Å². The van der Waals surface area contributed by atoms with Gasteiger partial charge in [0.2, 0.25) is 0 Å². The molecule has 1 amide bonds. The third-order valence-corrected chi connectivity index (χ3v) is 3.86. The molecule has 0 unspecified atom stereocenters. The van der Waals surface area contributed by atoms with Crippen LogP contribution in [0.3, 0.4) is 0 Å². The highest BCUT2D eigenvalue weighted by molar-refractivity contribution is 6.31. The summed E-state index contributed by atoms with van der Waals surface area (Å²) in [5.41, 5.74) is 2.29. The monoisotopic (exact) mass is 356 g/mol. The number of hydrogen-bond donors (Lipinski definition) is 3. The highest BCUT2D eigenvalue weighted by Crippen LogP contribution is 2.23. The number of pyridine rings is 1. The van der Waals surface area contributed by atoms with Crippen LogP contribution in [0.1, 0.15) is 10.4 Å².